The van der Waals surface area contributed by atoms with Gasteiger partial charge < -0.3 is 10.1 Å². The summed E-state index contributed by atoms with van der Waals surface area (Å²) in [4.78, 5) is 15.7. The number of carbonyl (C=O) groups excluding carboxylic acids is 1. The van der Waals surface area contributed by atoms with E-state index >= 15 is 0 Å². The van der Waals surface area contributed by atoms with E-state index in [2.05, 4.69) is 17.2 Å². The molecule has 1 fully saturated rings. The Morgan fingerprint density at radius 1 is 1.71 bits per heavy atom. The first-order valence-corrected chi connectivity index (χ1v) is 6.95. The van der Waals surface area contributed by atoms with Gasteiger partial charge in [0, 0.05) is 6.04 Å². The number of carbonyl (C=O) groups is 1. The molecule has 0 radical (unpaired) electrons. The third-order valence-electron chi connectivity index (χ3n) is 2.80. The highest BCUT2D eigenvalue weighted by Crippen LogP contribution is 2.34. The lowest BCUT2D eigenvalue weighted by Gasteiger charge is -2.13. The van der Waals surface area contributed by atoms with Crippen LogP contribution < -0.4 is 5.32 Å². The molecular formula is C12H18N2O2S. The average Bonchev–Trinajstić information content (AvgIpc) is 2.95. The first kappa shape index (κ1) is 12.4. The van der Waals surface area contributed by atoms with Gasteiger partial charge in [0.25, 0.3) is 0 Å². The third kappa shape index (κ3) is 3.43. The molecule has 1 aliphatic rings. The zero-order chi connectivity index (χ0) is 12.3. The van der Waals surface area contributed by atoms with Crippen molar-refractivity contribution in [3.05, 3.63) is 11.2 Å². The van der Waals surface area contributed by atoms with Crippen molar-refractivity contribution in [2.24, 2.45) is 5.92 Å². The maximum absolute atomic E-state index is 11.6. The first-order chi connectivity index (χ1) is 8.20. The monoisotopic (exact) mass is 254 g/mol. The SMILES string of the molecule is CCOC(=O)c1ncsc1NC(C)CC1CC1. The van der Waals surface area contributed by atoms with Crippen molar-refractivity contribution < 1.29 is 9.53 Å². The van der Waals surface area contributed by atoms with Gasteiger partial charge in [-0.3, -0.25) is 0 Å². The Labute approximate surface area is 105 Å². The molecule has 0 saturated heterocycles. The van der Waals surface area contributed by atoms with E-state index in [4.69, 9.17) is 4.74 Å². The lowest BCUT2D eigenvalue weighted by molar-refractivity contribution is 0.0521. The lowest BCUT2D eigenvalue weighted by atomic mass is 10.1. The number of esters is 1. The molecule has 1 saturated carbocycles. The molecular weight excluding hydrogens is 236 g/mol. The summed E-state index contributed by atoms with van der Waals surface area (Å²) in [5, 5.41) is 4.19. The Balaban J connectivity index is 1.94. The number of anilines is 1. The van der Waals surface area contributed by atoms with Gasteiger partial charge in [-0.2, -0.15) is 0 Å². The standard InChI is InChI=1S/C12H18N2O2S/c1-3-16-12(15)10-11(17-7-13-10)14-8(2)6-9-4-5-9/h7-9,14H,3-6H2,1-2H3. The molecule has 1 aliphatic carbocycles. The van der Waals surface area contributed by atoms with Crippen LogP contribution in [0.15, 0.2) is 5.51 Å². The molecule has 17 heavy (non-hydrogen) atoms. The molecule has 0 aromatic carbocycles. The molecule has 1 heterocycles. The molecule has 0 spiro atoms. The van der Waals surface area contributed by atoms with Crippen molar-refractivity contribution in [2.45, 2.75) is 39.2 Å². The fourth-order valence-corrected chi connectivity index (χ4v) is 2.61. The second-order valence-electron chi connectivity index (χ2n) is 4.48. The Morgan fingerprint density at radius 2 is 2.47 bits per heavy atom. The fraction of sp³-hybridized carbons (Fsp3) is 0.667. The largest absolute Gasteiger partial charge is 0.461 e. The van der Waals surface area contributed by atoms with Crippen molar-refractivity contribution in [3.8, 4) is 0 Å². The van der Waals surface area contributed by atoms with Crippen LogP contribution in [0.2, 0.25) is 0 Å². The number of aromatic nitrogens is 1. The number of nitrogens with zero attached hydrogens (tertiary/aromatic N) is 1. The molecule has 1 aromatic rings. The molecule has 4 nitrogen and oxygen atoms in total. The molecule has 1 atom stereocenters. The third-order valence-corrected chi connectivity index (χ3v) is 3.56. The molecule has 2 rings (SSSR count). The number of hydrogen-bond acceptors (Lipinski definition) is 5. The van der Waals surface area contributed by atoms with Crippen LogP contribution in [0.25, 0.3) is 0 Å². The number of thiazole rings is 1. The quantitative estimate of drug-likeness (QED) is 0.793. The highest BCUT2D eigenvalue weighted by Gasteiger charge is 2.25. The molecule has 1 aromatic heterocycles. The van der Waals surface area contributed by atoms with Gasteiger partial charge in [0.05, 0.1) is 12.1 Å². The van der Waals surface area contributed by atoms with Crippen LogP contribution >= 0.6 is 11.3 Å². The van der Waals surface area contributed by atoms with Crippen LogP contribution in [0, 0.1) is 5.92 Å². The Hall–Kier alpha value is -1.10. The Bertz CT molecular complexity index is 388. The van der Waals surface area contributed by atoms with Gasteiger partial charge in [0.1, 0.15) is 5.00 Å². The van der Waals surface area contributed by atoms with E-state index in [0.29, 0.717) is 18.3 Å². The number of ether oxygens (including phenoxy) is 1. The summed E-state index contributed by atoms with van der Waals surface area (Å²) in [6.07, 6.45) is 3.86. The second-order valence-corrected chi connectivity index (χ2v) is 5.33. The molecule has 0 bridgehead atoms. The van der Waals surface area contributed by atoms with Crippen molar-refractivity contribution in [2.75, 3.05) is 11.9 Å². The maximum Gasteiger partial charge on any atom is 0.360 e. The van der Waals surface area contributed by atoms with E-state index < -0.39 is 0 Å². The lowest BCUT2D eigenvalue weighted by Crippen LogP contribution is -2.17. The van der Waals surface area contributed by atoms with E-state index in [9.17, 15) is 4.79 Å². The van der Waals surface area contributed by atoms with Gasteiger partial charge in [-0.25, -0.2) is 9.78 Å². The highest BCUT2D eigenvalue weighted by atomic mass is 32.1. The molecule has 5 heteroatoms. The summed E-state index contributed by atoms with van der Waals surface area (Å²) in [7, 11) is 0. The van der Waals surface area contributed by atoms with Gasteiger partial charge in [0.15, 0.2) is 5.69 Å². The van der Waals surface area contributed by atoms with E-state index in [1.54, 1.807) is 12.4 Å². The van der Waals surface area contributed by atoms with Crippen LogP contribution in [0.5, 0.6) is 0 Å². The van der Waals surface area contributed by atoms with Gasteiger partial charge in [-0.05, 0) is 26.2 Å². The van der Waals surface area contributed by atoms with E-state index in [1.807, 2.05) is 0 Å². The average molecular weight is 254 g/mol. The van der Waals surface area contributed by atoms with Gasteiger partial charge in [0.2, 0.25) is 0 Å². The predicted octanol–water partition coefficient (Wildman–Crippen LogP) is 2.92. The minimum Gasteiger partial charge on any atom is -0.461 e. The topological polar surface area (TPSA) is 51.2 Å². The first-order valence-electron chi connectivity index (χ1n) is 6.07. The van der Waals surface area contributed by atoms with Crippen LogP contribution in [-0.4, -0.2) is 23.6 Å². The smallest absolute Gasteiger partial charge is 0.360 e. The molecule has 0 amide bonds. The molecule has 0 aliphatic heterocycles. The van der Waals surface area contributed by atoms with Crippen LogP contribution in [0.1, 0.15) is 43.6 Å². The second kappa shape index (κ2) is 5.49. The molecule has 94 valence electrons. The van der Waals surface area contributed by atoms with Crippen molar-refractivity contribution >= 4 is 22.3 Å². The summed E-state index contributed by atoms with van der Waals surface area (Å²) in [5.74, 6) is 0.534. The van der Waals surface area contributed by atoms with Crippen molar-refractivity contribution in [3.63, 3.8) is 0 Å². The zero-order valence-electron chi connectivity index (χ0n) is 10.2. The van der Waals surface area contributed by atoms with E-state index in [-0.39, 0.29) is 5.97 Å². The Kier molecular flexibility index (Phi) is 3.99. The normalized spacial score (nSPS) is 16.6. The van der Waals surface area contributed by atoms with Crippen LogP contribution in [0.3, 0.4) is 0 Å². The zero-order valence-corrected chi connectivity index (χ0v) is 11.0. The highest BCUT2D eigenvalue weighted by molar-refractivity contribution is 7.14. The number of hydrogen-bond donors (Lipinski definition) is 1. The van der Waals surface area contributed by atoms with E-state index in [1.165, 1.54) is 30.6 Å². The van der Waals surface area contributed by atoms with Gasteiger partial charge in [-0.15, -0.1) is 11.3 Å². The predicted molar refractivity (Wildman–Crippen MR) is 68.5 cm³/mol. The summed E-state index contributed by atoms with van der Waals surface area (Å²) in [6.45, 7) is 4.33. The molecule has 1 N–H and O–H groups in total. The van der Waals surface area contributed by atoms with Gasteiger partial charge in [-0.1, -0.05) is 12.8 Å². The van der Waals surface area contributed by atoms with Crippen LogP contribution in [0.4, 0.5) is 5.00 Å². The Morgan fingerprint density at radius 3 is 3.12 bits per heavy atom. The van der Waals surface area contributed by atoms with Crippen LogP contribution in [-0.2, 0) is 4.74 Å². The van der Waals surface area contributed by atoms with Gasteiger partial charge >= 0.3 is 5.97 Å². The van der Waals surface area contributed by atoms with Crippen molar-refractivity contribution in [1.29, 1.82) is 0 Å². The summed E-state index contributed by atoms with van der Waals surface area (Å²) in [6, 6.07) is 0.385. The molecule has 1 unspecified atom stereocenters. The minimum atomic E-state index is -0.338. The summed E-state index contributed by atoms with van der Waals surface area (Å²) < 4.78 is 4.97. The minimum absolute atomic E-state index is 0.338. The number of nitrogens with one attached hydrogen (secondary N) is 1. The summed E-state index contributed by atoms with van der Waals surface area (Å²) in [5.41, 5.74) is 2.10. The fourth-order valence-electron chi connectivity index (χ4n) is 1.83. The number of rotatable bonds is 6. The van der Waals surface area contributed by atoms with Crippen molar-refractivity contribution in [1.82, 2.24) is 4.98 Å². The maximum atomic E-state index is 11.6. The summed E-state index contributed by atoms with van der Waals surface area (Å²) >= 11 is 1.46. The van der Waals surface area contributed by atoms with E-state index in [0.717, 1.165) is 10.9 Å².